The van der Waals surface area contributed by atoms with Crippen LogP contribution in [0.1, 0.15) is 11.1 Å². The summed E-state index contributed by atoms with van der Waals surface area (Å²) in [5.74, 6) is 0. The molecular formula is C26H24F2N2. The van der Waals surface area contributed by atoms with Crippen molar-refractivity contribution in [3.05, 3.63) is 109 Å². The summed E-state index contributed by atoms with van der Waals surface area (Å²) >= 11 is 0. The number of hydrogen-bond acceptors (Lipinski definition) is 2. The summed E-state index contributed by atoms with van der Waals surface area (Å²) in [6.07, 6.45) is 1.16. The van der Waals surface area contributed by atoms with Crippen molar-refractivity contribution in [1.82, 2.24) is 0 Å². The maximum atomic E-state index is 12.6. The molecule has 0 aliphatic heterocycles. The smallest absolute Gasteiger partial charge is 0.0918 e. The van der Waals surface area contributed by atoms with Crippen LogP contribution in [0.4, 0.5) is 8.78 Å². The predicted octanol–water partition coefficient (Wildman–Crippen LogP) is 6.22. The molecule has 0 amide bonds. The normalized spacial score (nSPS) is 12.0. The average molecular weight is 402 g/mol. The van der Waals surface area contributed by atoms with Gasteiger partial charge in [-0.2, -0.15) is 0 Å². The van der Waals surface area contributed by atoms with Gasteiger partial charge in [0.05, 0.1) is 12.7 Å². The summed E-state index contributed by atoms with van der Waals surface area (Å²) < 4.78 is 25.1. The molecule has 0 atom stereocenters. The molecule has 0 aliphatic rings. The molecule has 4 heteroatoms. The van der Waals surface area contributed by atoms with E-state index in [0.717, 1.165) is 32.7 Å². The lowest BCUT2D eigenvalue weighted by Gasteiger charge is -2.07. The molecule has 0 aromatic heterocycles. The molecule has 0 spiro atoms. The molecule has 30 heavy (non-hydrogen) atoms. The van der Waals surface area contributed by atoms with E-state index in [1.807, 2.05) is 84.9 Å². The second kappa shape index (κ2) is 10.4. The summed E-state index contributed by atoms with van der Waals surface area (Å²) in [4.78, 5) is 0. The second-order valence-corrected chi connectivity index (χ2v) is 6.77. The molecule has 0 heterocycles. The van der Waals surface area contributed by atoms with E-state index in [9.17, 15) is 8.78 Å². The minimum atomic E-state index is 0.213. The first kappa shape index (κ1) is 21.4. The van der Waals surface area contributed by atoms with Crippen LogP contribution in [0.2, 0.25) is 0 Å². The number of rotatable bonds is 4. The summed E-state index contributed by atoms with van der Waals surface area (Å²) in [7, 11) is 0. The molecule has 4 aromatic rings. The van der Waals surface area contributed by atoms with Gasteiger partial charge in [-0.3, -0.25) is 0 Å². The Bertz CT molecular complexity index is 1180. The van der Waals surface area contributed by atoms with Crippen LogP contribution in [0, 0.1) is 0 Å². The van der Waals surface area contributed by atoms with Crippen molar-refractivity contribution in [2.45, 2.75) is 0 Å². The number of halogens is 2. The summed E-state index contributed by atoms with van der Waals surface area (Å²) in [5.41, 5.74) is 13.7. The molecule has 4 rings (SSSR count). The monoisotopic (exact) mass is 402 g/mol. The van der Waals surface area contributed by atoms with E-state index in [4.69, 9.17) is 11.5 Å². The number of hydrogen-bond donors (Lipinski definition) is 2. The van der Waals surface area contributed by atoms with E-state index in [0.29, 0.717) is 23.8 Å². The summed E-state index contributed by atoms with van der Waals surface area (Å²) in [6.45, 7) is 0.430. The summed E-state index contributed by atoms with van der Waals surface area (Å²) in [5, 5.41) is 4.39. The van der Waals surface area contributed by atoms with Gasteiger partial charge in [0.15, 0.2) is 0 Å². The van der Waals surface area contributed by atoms with Crippen LogP contribution in [0.3, 0.4) is 0 Å². The Kier molecular flexibility index (Phi) is 7.44. The minimum Gasteiger partial charge on any atom is -0.326 e. The lowest BCUT2D eigenvalue weighted by atomic mass is 9.99. The highest BCUT2D eigenvalue weighted by molar-refractivity contribution is 5.94. The van der Waals surface area contributed by atoms with E-state index in [2.05, 4.69) is 0 Å². The van der Waals surface area contributed by atoms with Gasteiger partial charge in [-0.15, -0.1) is 0 Å². The van der Waals surface area contributed by atoms with Crippen molar-refractivity contribution < 1.29 is 8.78 Å². The third-order valence-corrected chi connectivity index (χ3v) is 4.96. The first-order valence-electron chi connectivity index (χ1n) is 9.67. The highest BCUT2D eigenvalue weighted by Crippen LogP contribution is 2.24. The van der Waals surface area contributed by atoms with Crippen LogP contribution in [-0.4, -0.2) is 13.1 Å². The van der Waals surface area contributed by atoms with Gasteiger partial charge in [-0.25, -0.2) is 8.78 Å². The molecule has 0 saturated heterocycles. The van der Waals surface area contributed by atoms with Gasteiger partial charge in [-0.05, 0) is 38.7 Å². The van der Waals surface area contributed by atoms with Crippen LogP contribution in [-0.2, 0) is 0 Å². The Hall–Kier alpha value is -3.34. The van der Waals surface area contributed by atoms with E-state index in [1.54, 1.807) is 0 Å². The van der Waals surface area contributed by atoms with Crippen molar-refractivity contribution >= 4 is 32.7 Å². The standard InChI is InChI=1S/2C13H12FN/c14-8-11(9-15)13-7-3-5-10-4-1-2-6-12(10)13;14-8-13(9-15)12-6-5-10-3-1-2-4-11(10)7-12/h2*1-8H,9,15H2/b11-8+;13-8-. The van der Waals surface area contributed by atoms with E-state index < -0.39 is 0 Å². The molecule has 0 saturated carbocycles. The van der Waals surface area contributed by atoms with Gasteiger partial charge < -0.3 is 11.5 Å². The average Bonchev–Trinajstić information content (AvgIpc) is 2.81. The van der Waals surface area contributed by atoms with Crippen LogP contribution >= 0.6 is 0 Å². The van der Waals surface area contributed by atoms with Crippen LogP contribution in [0.5, 0.6) is 0 Å². The van der Waals surface area contributed by atoms with Crippen molar-refractivity contribution in [3.63, 3.8) is 0 Å². The van der Waals surface area contributed by atoms with E-state index in [1.165, 1.54) is 0 Å². The molecule has 0 bridgehead atoms. The number of nitrogens with two attached hydrogens (primary N) is 2. The highest BCUT2D eigenvalue weighted by atomic mass is 19.1. The lowest BCUT2D eigenvalue weighted by molar-refractivity contribution is 0.721. The Morgan fingerprint density at radius 2 is 1.23 bits per heavy atom. The molecule has 2 nitrogen and oxygen atoms in total. The van der Waals surface area contributed by atoms with Gasteiger partial charge >= 0.3 is 0 Å². The van der Waals surface area contributed by atoms with Gasteiger partial charge in [-0.1, -0.05) is 78.9 Å². The van der Waals surface area contributed by atoms with Crippen LogP contribution < -0.4 is 11.5 Å². The fourth-order valence-corrected chi connectivity index (χ4v) is 3.33. The SMILES string of the molecule is NC/C(=C/F)c1ccc2ccccc2c1.NC/C(=C\F)c1cccc2ccccc12. The van der Waals surface area contributed by atoms with Crippen LogP contribution in [0.25, 0.3) is 32.7 Å². The molecule has 0 aliphatic carbocycles. The maximum absolute atomic E-state index is 12.6. The molecule has 0 radical (unpaired) electrons. The quantitative estimate of drug-likeness (QED) is 0.426. The molecule has 0 fully saturated rings. The predicted molar refractivity (Wildman–Crippen MR) is 124 cm³/mol. The Morgan fingerprint density at radius 3 is 1.90 bits per heavy atom. The first-order valence-corrected chi connectivity index (χ1v) is 9.67. The fourth-order valence-electron chi connectivity index (χ4n) is 3.33. The van der Waals surface area contributed by atoms with Gasteiger partial charge in [0.2, 0.25) is 0 Å². The first-order chi connectivity index (χ1) is 14.7. The zero-order chi connectivity index (χ0) is 21.3. The molecule has 0 unspecified atom stereocenters. The Labute approximate surface area is 175 Å². The third kappa shape index (κ3) is 4.79. The second-order valence-electron chi connectivity index (χ2n) is 6.77. The number of benzene rings is 4. The third-order valence-electron chi connectivity index (χ3n) is 4.96. The van der Waals surface area contributed by atoms with Crippen molar-refractivity contribution in [3.8, 4) is 0 Å². The van der Waals surface area contributed by atoms with Crippen LogP contribution in [0.15, 0.2) is 97.6 Å². The Morgan fingerprint density at radius 1 is 0.633 bits per heavy atom. The lowest BCUT2D eigenvalue weighted by Crippen LogP contribution is -2.02. The zero-order valence-electron chi connectivity index (χ0n) is 16.6. The molecule has 152 valence electrons. The molecular weight excluding hydrogens is 378 g/mol. The van der Waals surface area contributed by atoms with Gasteiger partial charge in [0, 0.05) is 24.2 Å². The fraction of sp³-hybridized carbons (Fsp3) is 0.0769. The maximum Gasteiger partial charge on any atom is 0.0918 e. The largest absolute Gasteiger partial charge is 0.326 e. The van der Waals surface area contributed by atoms with Crippen molar-refractivity contribution in [1.29, 1.82) is 0 Å². The summed E-state index contributed by atoms with van der Waals surface area (Å²) in [6, 6.07) is 27.5. The zero-order valence-corrected chi connectivity index (χ0v) is 16.6. The van der Waals surface area contributed by atoms with E-state index >= 15 is 0 Å². The van der Waals surface area contributed by atoms with Gasteiger partial charge in [0.25, 0.3) is 0 Å². The molecule has 4 N–H and O–H groups in total. The van der Waals surface area contributed by atoms with Crippen molar-refractivity contribution in [2.75, 3.05) is 13.1 Å². The Balaban J connectivity index is 0.000000171. The molecule has 4 aromatic carbocycles. The topological polar surface area (TPSA) is 52.0 Å². The van der Waals surface area contributed by atoms with Crippen molar-refractivity contribution in [2.24, 2.45) is 11.5 Å². The van der Waals surface area contributed by atoms with Gasteiger partial charge in [0.1, 0.15) is 0 Å². The minimum absolute atomic E-state index is 0.213. The highest BCUT2D eigenvalue weighted by Gasteiger charge is 2.04. The van der Waals surface area contributed by atoms with E-state index in [-0.39, 0.29) is 13.1 Å². The number of fused-ring (bicyclic) bond motifs is 2.